The number of thiazole rings is 1. The Bertz CT molecular complexity index is 1110. The van der Waals surface area contributed by atoms with E-state index in [1.54, 1.807) is 7.11 Å². The molecule has 0 radical (unpaired) electrons. The van der Waals surface area contributed by atoms with Crippen molar-refractivity contribution in [3.63, 3.8) is 0 Å². The van der Waals surface area contributed by atoms with Gasteiger partial charge in [0.2, 0.25) is 5.91 Å². The van der Waals surface area contributed by atoms with Gasteiger partial charge in [0.05, 0.1) is 29.2 Å². The third-order valence-corrected chi connectivity index (χ3v) is 6.28. The van der Waals surface area contributed by atoms with Crippen molar-refractivity contribution < 1.29 is 22.7 Å². The molecule has 168 valence electrons. The normalized spacial score (nSPS) is 13.2. The minimum Gasteiger partial charge on any atom is -0.378 e. The number of nitrogens with zero attached hydrogens (tertiary/aromatic N) is 1. The van der Waals surface area contributed by atoms with E-state index in [2.05, 4.69) is 15.6 Å². The van der Waals surface area contributed by atoms with Gasteiger partial charge < -0.3 is 15.4 Å². The number of fused-ring (bicyclic) bond motifs is 1. The molecule has 0 saturated heterocycles. The number of aryl methyl sites for hydroxylation is 1. The monoisotopic (exact) mass is 461 g/mol. The second-order valence-electron chi connectivity index (χ2n) is 7.55. The molecule has 0 atom stereocenters. The smallest absolute Gasteiger partial charge is 0.378 e. The number of alkyl halides is 3. The number of rotatable bonds is 8. The molecule has 5 nitrogen and oxygen atoms in total. The first-order chi connectivity index (χ1) is 15.3. The molecular formula is C23H22F3N3O2S. The van der Waals surface area contributed by atoms with Crippen molar-refractivity contribution in [1.29, 1.82) is 0 Å². The fourth-order valence-electron chi connectivity index (χ4n) is 3.61. The fourth-order valence-corrected chi connectivity index (χ4v) is 4.60. The number of benzene rings is 2. The topological polar surface area (TPSA) is 63.2 Å². The maximum absolute atomic E-state index is 12.7. The number of amides is 1. The predicted octanol–water partition coefficient (Wildman–Crippen LogP) is 5.51. The Morgan fingerprint density at radius 3 is 2.69 bits per heavy atom. The molecule has 1 aliphatic heterocycles. The van der Waals surface area contributed by atoms with Crippen LogP contribution < -0.4 is 10.6 Å². The standard InChI is InChI=1S/C23H22F3N3O2S/c1-31-13-19-21(15-6-9-18-16(11-15)12-20(30)28-18)32-22(29-19)27-10-2-3-14-4-7-17(8-5-14)23(24,25)26/h4-9,11H,2-3,10,12-13H2,1H3,(H,27,29)(H,28,30). The zero-order chi connectivity index (χ0) is 22.7. The SMILES string of the molecule is COCc1nc(NCCCc2ccc(C(F)(F)F)cc2)sc1-c1ccc2c(c1)CC(=O)N2. The highest BCUT2D eigenvalue weighted by Crippen LogP contribution is 2.36. The van der Waals surface area contributed by atoms with Gasteiger partial charge in [-0.1, -0.05) is 29.5 Å². The second kappa shape index (κ2) is 9.30. The van der Waals surface area contributed by atoms with Gasteiger partial charge in [-0.2, -0.15) is 13.2 Å². The lowest BCUT2D eigenvalue weighted by Crippen LogP contribution is -2.05. The largest absolute Gasteiger partial charge is 0.416 e. The Morgan fingerprint density at radius 1 is 1.19 bits per heavy atom. The maximum atomic E-state index is 12.7. The van der Waals surface area contributed by atoms with Crippen LogP contribution >= 0.6 is 11.3 Å². The summed E-state index contributed by atoms with van der Waals surface area (Å²) in [7, 11) is 1.62. The van der Waals surface area contributed by atoms with Crippen LogP contribution in [0.15, 0.2) is 42.5 Å². The second-order valence-corrected chi connectivity index (χ2v) is 8.55. The minimum atomic E-state index is -4.31. The van der Waals surface area contributed by atoms with Crippen LogP contribution in [0.2, 0.25) is 0 Å². The van der Waals surface area contributed by atoms with E-state index in [1.165, 1.54) is 23.5 Å². The van der Waals surface area contributed by atoms with Crippen molar-refractivity contribution in [1.82, 2.24) is 4.98 Å². The van der Waals surface area contributed by atoms with Crippen LogP contribution in [0.1, 0.15) is 28.8 Å². The number of nitrogens with one attached hydrogen (secondary N) is 2. The van der Waals surface area contributed by atoms with Gasteiger partial charge in [0.15, 0.2) is 5.13 Å². The fraction of sp³-hybridized carbons (Fsp3) is 0.304. The molecule has 2 heterocycles. The maximum Gasteiger partial charge on any atom is 0.416 e. The Hall–Kier alpha value is -2.91. The van der Waals surface area contributed by atoms with Crippen LogP contribution in [0.5, 0.6) is 0 Å². The van der Waals surface area contributed by atoms with E-state index in [1.807, 2.05) is 18.2 Å². The lowest BCUT2D eigenvalue weighted by Gasteiger charge is -2.08. The molecule has 3 aromatic rings. The molecule has 2 aromatic carbocycles. The first-order valence-electron chi connectivity index (χ1n) is 10.2. The van der Waals surface area contributed by atoms with E-state index in [9.17, 15) is 18.0 Å². The van der Waals surface area contributed by atoms with E-state index in [0.717, 1.165) is 56.6 Å². The summed E-state index contributed by atoms with van der Waals surface area (Å²) in [6, 6.07) is 11.2. The summed E-state index contributed by atoms with van der Waals surface area (Å²) >= 11 is 1.52. The van der Waals surface area contributed by atoms with E-state index in [4.69, 9.17) is 4.74 Å². The summed E-state index contributed by atoms with van der Waals surface area (Å²) in [5.41, 5.74) is 3.85. The van der Waals surface area contributed by atoms with Crippen molar-refractivity contribution in [3.05, 3.63) is 64.8 Å². The van der Waals surface area contributed by atoms with Crippen molar-refractivity contribution in [2.24, 2.45) is 0 Å². The van der Waals surface area contributed by atoms with Crippen molar-refractivity contribution >= 4 is 28.1 Å². The Kier molecular flexibility index (Phi) is 6.48. The first-order valence-corrected chi connectivity index (χ1v) is 11.0. The molecule has 0 fully saturated rings. The van der Waals surface area contributed by atoms with Gasteiger partial charge in [-0.3, -0.25) is 4.79 Å². The molecule has 0 aliphatic carbocycles. The number of anilines is 2. The highest BCUT2D eigenvalue weighted by atomic mass is 32.1. The third kappa shape index (κ3) is 5.11. The van der Waals surface area contributed by atoms with Crippen molar-refractivity contribution in [2.75, 3.05) is 24.3 Å². The number of aromatic nitrogens is 1. The number of halogens is 3. The average molecular weight is 462 g/mol. The molecule has 1 amide bonds. The van der Waals surface area contributed by atoms with E-state index in [0.29, 0.717) is 26.0 Å². The van der Waals surface area contributed by atoms with Gasteiger partial charge >= 0.3 is 6.18 Å². The van der Waals surface area contributed by atoms with Crippen LogP contribution in [0.25, 0.3) is 10.4 Å². The van der Waals surface area contributed by atoms with Gasteiger partial charge in [0.1, 0.15) is 0 Å². The van der Waals surface area contributed by atoms with Gasteiger partial charge in [0.25, 0.3) is 0 Å². The Morgan fingerprint density at radius 2 is 1.97 bits per heavy atom. The molecule has 0 saturated carbocycles. The number of hydrogen-bond donors (Lipinski definition) is 2. The molecule has 0 unspecified atom stereocenters. The van der Waals surface area contributed by atoms with Crippen molar-refractivity contribution in [2.45, 2.75) is 32.0 Å². The Labute approximate surface area is 187 Å². The zero-order valence-electron chi connectivity index (χ0n) is 17.4. The number of hydrogen-bond acceptors (Lipinski definition) is 5. The van der Waals surface area contributed by atoms with Crippen LogP contribution in [0.4, 0.5) is 24.0 Å². The van der Waals surface area contributed by atoms with E-state index >= 15 is 0 Å². The first kappa shape index (κ1) is 22.3. The highest BCUT2D eigenvalue weighted by Gasteiger charge is 2.29. The van der Waals surface area contributed by atoms with Gasteiger partial charge in [0, 0.05) is 19.3 Å². The van der Waals surface area contributed by atoms with Crippen LogP contribution in [-0.4, -0.2) is 24.5 Å². The van der Waals surface area contributed by atoms with Crippen LogP contribution in [0, 0.1) is 0 Å². The summed E-state index contributed by atoms with van der Waals surface area (Å²) in [4.78, 5) is 17.3. The quantitative estimate of drug-likeness (QED) is 0.434. The summed E-state index contributed by atoms with van der Waals surface area (Å²) in [6.45, 7) is 1.01. The molecule has 1 aromatic heterocycles. The minimum absolute atomic E-state index is 0.00558. The third-order valence-electron chi connectivity index (χ3n) is 5.17. The Balaban J connectivity index is 1.38. The number of methoxy groups -OCH3 is 1. The number of carbonyl (C=O) groups excluding carboxylic acids is 1. The molecule has 0 spiro atoms. The summed E-state index contributed by atoms with van der Waals surface area (Å²) in [6.07, 6.45) is -2.52. The van der Waals surface area contributed by atoms with Crippen molar-refractivity contribution in [3.8, 4) is 10.4 Å². The van der Waals surface area contributed by atoms with E-state index < -0.39 is 11.7 Å². The molecule has 9 heteroatoms. The molecule has 4 rings (SSSR count). The number of carbonyl (C=O) groups is 1. The highest BCUT2D eigenvalue weighted by molar-refractivity contribution is 7.19. The van der Waals surface area contributed by atoms with Gasteiger partial charge in [-0.25, -0.2) is 4.98 Å². The van der Waals surface area contributed by atoms with Gasteiger partial charge in [-0.15, -0.1) is 0 Å². The summed E-state index contributed by atoms with van der Waals surface area (Å²) in [5, 5.41) is 6.90. The molecule has 1 aliphatic rings. The lowest BCUT2D eigenvalue weighted by molar-refractivity contribution is -0.137. The molecule has 2 N–H and O–H groups in total. The summed E-state index contributed by atoms with van der Waals surface area (Å²) < 4.78 is 43.3. The molecule has 32 heavy (non-hydrogen) atoms. The molecule has 0 bridgehead atoms. The summed E-state index contributed by atoms with van der Waals surface area (Å²) in [5.74, 6) is -0.00558. The zero-order valence-corrected chi connectivity index (χ0v) is 18.2. The van der Waals surface area contributed by atoms with Gasteiger partial charge in [-0.05, 0) is 53.8 Å². The van der Waals surface area contributed by atoms with Crippen LogP contribution in [0.3, 0.4) is 0 Å². The van der Waals surface area contributed by atoms with Crippen LogP contribution in [-0.2, 0) is 35.2 Å². The molecular weight excluding hydrogens is 439 g/mol. The lowest BCUT2D eigenvalue weighted by atomic mass is 10.1. The predicted molar refractivity (Wildman–Crippen MR) is 119 cm³/mol. The average Bonchev–Trinajstić information content (AvgIpc) is 3.32. The van der Waals surface area contributed by atoms with E-state index in [-0.39, 0.29) is 5.91 Å². The number of ether oxygens (including phenoxy) is 1.